The van der Waals surface area contributed by atoms with Crippen molar-refractivity contribution in [3.63, 3.8) is 0 Å². The van der Waals surface area contributed by atoms with Gasteiger partial charge in [-0.2, -0.15) is 0 Å². The average Bonchev–Trinajstić information content (AvgIpc) is 2.78. The molecule has 2 heterocycles. The van der Waals surface area contributed by atoms with E-state index in [1.165, 1.54) is 0 Å². The Bertz CT molecular complexity index is 463. The normalized spacial score (nSPS) is 26.9. The number of rotatable bonds is 1. The van der Waals surface area contributed by atoms with Crippen LogP contribution in [0.4, 0.5) is 0 Å². The maximum absolute atomic E-state index is 12.5. The van der Waals surface area contributed by atoms with E-state index in [0.29, 0.717) is 10.6 Å². The van der Waals surface area contributed by atoms with Gasteiger partial charge in [0.2, 0.25) is 0 Å². The molecular formula is C15H19ClN2O. The molecule has 2 fully saturated rings. The molecule has 0 aromatic heterocycles. The van der Waals surface area contributed by atoms with Crippen molar-refractivity contribution in [2.75, 3.05) is 26.2 Å². The molecular weight excluding hydrogens is 260 g/mol. The quantitative estimate of drug-likeness (QED) is 0.856. The third kappa shape index (κ3) is 2.63. The van der Waals surface area contributed by atoms with Crippen LogP contribution < -0.4 is 5.32 Å². The third-order valence-corrected chi connectivity index (χ3v) is 4.74. The van der Waals surface area contributed by atoms with Crippen molar-refractivity contribution in [2.45, 2.75) is 12.8 Å². The molecule has 102 valence electrons. The lowest BCUT2D eigenvalue weighted by atomic mass is 9.92. The van der Waals surface area contributed by atoms with Crippen LogP contribution in [0.2, 0.25) is 5.02 Å². The topological polar surface area (TPSA) is 32.3 Å². The lowest BCUT2D eigenvalue weighted by Crippen LogP contribution is -2.32. The first kappa shape index (κ1) is 12.9. The fraction of sp³-hybridized carbons (Fsp3) is 0.533. The number of halogens is 1. The summed E-state index contributed by atoms with van der Waals surface area (Å²) in [5, 5.41) is 4.01. The predicted molar refractivity (Wildman–Crippen MR) is 76.4 cm³/mol. The van der Waals surface area contributed by atoms with Crippen LogP contribution in [-0.2, 0) is 0 Å². The molecule has 3 nitrogen and oxygen atoms in total. The molecule has 19 heavy (non-hydrogen) atoms. The average molecular weight is 279 g/mol. The Hall–Kier alpha value is -1.06. The molecule has 2 saturated heterocycles. The van der Waals surface area contributed by atoms with Gasteiger partial charge in [0.25, 0.3) is 5.91 Å². The first-order chi connectivity index (χ1) is 9.25. The molecule has 1 aromatic rings. The lowest BCUT2D eigenvalue weighted by Gasteiger charge is -2.21. The highest BCUT2D eigenvalue weighted by atomic mass is 35.5. The number of carbonyl (C=O) groups is 1. The summed E-state index contributed by atoms with van der Waals surface area (Å²) in [4.78, 5) is 14.5. The minimum atomic E-state index is 0.0820. The number of amides is 1. The summed E-state index contributed by atoms with van der Waals surface area (Å²) in [6.45, 7) is 3.93. The van der Waals surface area contributed by atoms with E-state index in [1.54, 1.807) is 6.07 Å². The number of fused-ring (bicyclic) bond motifs is 1. The predicted octanol–water partition coefficient (Wildman–Crippen LogP) is 2.41. The Morgan fingerprint density at radius 1 is 1.16 bits per heavy atom. The van der Waals surface area contributed by atoms with Crippen LogP contribution in [-0.4, -0.2) is 37.0 Å². The van der Waals surface area contributed by atoms with Crippen LogP contribution in [0.3, 0.4) is 0 Å². The van der Waals surface area contributed by atoms with Gasteiger partial charge in [-0.3, -0.25) is 4.79 Å². The molecule has 2 aliphatic heterocycles. The molecule has 2 atom stereocenters. The van der Waals surface area contributed by atoms with E-state index < -0.39 is 0 Å². The van der Waals surface area contributed by atoms with Crippen molar-refractivity contribution < 1.29 is 4.79 Å². The van der Waals surface area contributed by atoms with Crippen LogP contribution in [0.15, 0.2) is 24.3 Å². The summed E-state index contributed by atoms with van der Waals surface area (Å²) in [6, 6.07) is 7.33. The fourth-order valence-corrected chi connectivity index (χ4v) is 3.44. The van der Waals surface area contributed by atoms with Gasteiger partial charge < -0.3 is 10.2 Å². The van der Waals surface area contributed by atoms with Crippen LogP contribution >= 0.6 is 11.6 Å². The molecule has 0 bridgehead atoms. The van der Waals surface area contributed by atoms with E-state index >= 15 is 0 Å². The molecule has 0 radical (unpaired) electrons. The summed E-state index contributed by atoms with van der Waals surface area (Å²) >= 11 is 6.12. The molecule has 1 aromatic carbocycles. The summed E-state index contributed by atoms with van der Waals surface area (Å²) in [7, 11) is 0. The van der Waals surface area contributed by atoms with Gasteiger partial charge in [-0.15, -0.1) is 0 Å². The lowest BCUT2D eigenvalue weighted by molar-refractivity contribution is 0.0758. The van der Waals surface area contributed by atoms with Gasteiger partial charge >= 0.3 is 0 Å². The van der Waals surface area contributed by atoms with Crippen molar-refractivity contribution in [3.8, 4) is 0 Å². The molecule has 1 N–H and O–H groups in total. The van der Waals surface area contributed by atoms with Gasteiger partial charge in [0.1, 0.15) is 0 Å². The fourth-order valence-electron chi connectivity index (χ4n) is 3.23. The van der Waals surface area contributed by atoms with E-state index in [-0.39, 0.29) is 5.91 Å². The molecule has 0 aliphatic carbocycles. The Balaban J connectivity index is 1.72. The molecule has 1 amide bonds. The van der Waals surface area contributed by atoms with Crippen molar-refractivity contribution in [1.29, 1.82) is 0 Å². The summed E-state index contributed by atoms with van der Waals surface area (Å²) in [5.74, 6) is 1.56. The van der Waals surface area contributed by atoms with Crippen molar-refractivity contribution in [3.05, 3.63) is 34.9 Å². The van der Waals surface area contributed by atoms with Gasteiger partial charge in [0, 0.05) is 13.1 Å². The molecule has 4 heteroatoms. The summed E-state index contributed by atoms with van der Waals surface area (Å²) in [6.07, 6.45) is 2.21. The number of nitrogens with one attached hydrogen (secondary N) is 1. The Kier molecular flexibility index (Phi) is 3.76. The SMILES string of the molecule is O=C(c1ccccc1Cl)N1CC[C@@H]2CNC[C@@H]2CC1. The van der Waals surface area contributed by atoms with E-state index in [9.17, 15) is 4.79 Å². The summed E-state index contributed by atoms with van der Waals surface area (Å²) < 4.78 is 0. The molecule has 3 rings (SSSR count). The zero-order valence-corrected chi connectivity index (χ0v) is 11.7. The molecule has 2 aliphatic rings. The van der Waals surface area contributed by atoms with Gasteiger partial charge in [0.15, 0.2) is 0 Å². The van der Waals surface area contributed by atoms with E-state index in [4.69, 9.17) is 11.6 Å². The highest BCUT2D eigenvalue weighted by Crippen LogP contribution is 2.28. The highest BCUT2D eigenvalue weighted by Gasteiger charge is 2.31. The Labute approximate surface area is 118 Å². The van der Waals surface area contributed by atoms with Crippen LogP contribution in [0.1, 0.15) is 23.2 Å². The number of carbonyl (C=O) groups excluding carboxylic acids is 1. The van der Waals surface area contributed by atoms with Gasteiger partial charge in [-0.1, -0.05) is 23.7 Å². The Morgan fingerprint density at radius 3 is 2.42 bits per heavy atom. The monoisotopic (exact) mass is 278 g/mol. The number of nitrogens with zero attached hydrogens (tertiary/aromatic N) is 1. The van der Waals surface area contributed by atoms with E-state index in [1.807, 2.05) is 23.1 Å². The maximum atomic E-state index is 12.5. The van der Waals surface area contributed by atoms with Crippen LogP contribution in [0.5, 0.6) is 0 Å². The highest BCUT2D eigenvalue weighted by molar-refractivity contribution is 6.33. The second-order valence-corrected chi connectivity index (χ2v) is 5.94. The number of hydrogen-bond donors (Lipinski definition) is 1. The number of benzene rings is 1. The Morgan fingerprint density at radius 2 is 1.79 bits per heavy atom. The molecule has 0 spiro atoms. The standard InChI is InChI=1S/C15H19ClN2O/c16-14-4-2-1-3-13(14)15(19)18-7-5-11-9-17-10-12(11)6-8-18/h1-4,11-12,17H,5-10H2/t11-,12+. The van der Waals surface area contributed by atoms with Gasteiger partial charge in [-0.25, -0.2) is 0 Å². The smallest absolute Gasteiger partial charge is 0.255 e. The third-order valence-electron chi connectivity index (χ3n) is 4.41. The van der Waals surface area contributed by atoms with Crippen molar-refractivity contribution in [1.82, 2.24) is 10.2 Å². The zero-order valence-electron chi connectivity index (χ0n) is 10.9. The minimum Gasteiger partial charge on any atom is -0.339 e. The molecule has 0 saturated carbocycles. The van der Waals surface area contributed by atoms with Crippen LogP contribution in [0.25, 0.3) is 0 Å². The van der Waals surface area contributed by atoms with E-state index in [2.05, 4.69) is 5.32 Å². The molecule has 0 unspecified atom stereocenters. The van der Waals surface area contributed by atoms with Gasteiger partial charge in [0.05, 0.1) is 10.6 Å². The van der Waals surface area contributed by atoms with Crippen molar-refractivity contribution >= 4 is 17.5 Å². The number of likely N-dealkylation sites (tertiary alicyclic amines) is 1. The van der Waals surface area contributed by atoms with Gasteiger partial charge in [-0.05, 0) is 49.9 Å². The second-order valence-electron chi connectivity index (χ2n) is 5.53. The first-order valence-electron chi connectivity index (χ1n) is 7.00. The second kappa shape index (κ2) is 5.51. The van der Waals surface area contributed by atoms with Crippen LogP contribution in [0, 0.1) is 11.8 Å². The van der Waals surface area contributed by atoms with Crippen molar-refractivity contribution in [2.24, 2.45) is 11.8 Å². The number of hydrogen-bond acceptors (Lipinski definition) is 2. The summed E-state index contributed by atoms with van der Waals surface area (Å²) in [5.41, 5.74) is 0.634. The largest absolute Gasteiger partial charge is 0.339 e. The maximum Gasteiger partial charge on any atom is 0.255 e. The first-order valence-corrected chi connectivity index (χ1v) is 7.38. The minimum absolute atomic E-state index is 0.0820. The zero-order chi connectivity index (χ0) is 13.2. The van der Waals surface area contributed by atoms with E-state index in [0.717, 1.165) is 50.9 Å².